The van der Waals surface area contributed by atoms with E-state index in [1.54, 1.807) is 48.3 Å². The second kappa shape index (κ2) is 7.46. The predicted octanol–water partition coefficient (Wildman–Crippen LogP) is 4.61. The zero-order valence-corrected chi connectivity index (χ0v) is 15.3. The van der Waals surface area contributed by atoms with E-state index in [9.17, 15) is 9.59 Å². The lowest BCUT2D eigenvalue weighted by Gasteiger charge is -2.18. The van der Waals surface area contributed by atoms with E-state index in [4.69, 9.17) is 23.2 Å². The Kier molecular flexibility index (Phi) is 5.30. The van der Waals surface area contributed by atoms with E-state index >= 15 is 0 Å². The molecule has 2 aromatic rings. The molecule has 0 aromatic heterocycles. The van der Waals surface area contributed by atoms with Gasteiger partial charge in [-0.05, 0) is 54.8 Å². The van der Waals surface area contributed by atoms with Gasteiger partial charge in [0.1, 0.15) is 0 Å². The minimum atomic E-state index is -0.119. The Labute approximate surface area is 156 Å². The van der Waals surface area contributed by atoms with Crippen LogP contribution in [0, 0.1) is 5.92 Å². The lowest BCUT2D eigenvalue weighted by atomic mass is 10.1. The summed E-state index contributed by atoms with van der Waals surface area (Å²) < 4.78 is 0. The van der Waals surface area contributed by atoms with Gasteiger partial charge in [0.25, 0.3) is 5.91 Å². The maximum Gasteiger partial charge on any atom is 0.253 e. The van der Waals surface area contributed by atoms with Crippen LogP contribution in [0.2, 0.25) is 10.0 Å². The molecule has 4 nitrogen and oxygen atoms in total. The molecule has 1 fully saturated rings. The number of hydrogen-bond donors (Lipinski definition) is 1. The first-order valence-corrected chi connectivity index (χ1v) is 8.80. The van der Waals surface area contributed by atoms with Gasteiger partial charge in [-0.25, -0.2) is 0 Å². The van der Waals surface area contributed by atoms with Gasteiger partial charge in [0.05, 0.1) is 0 Å². The molecule has 1 aliphatic rings. The summed E-state index contributed by atoms with van der Waals surface area (Å²) in [7, 11) is 1.72. The summed E-state index contributed by atoms with van der Waals surface area (Å²) in [5.74, 6) is 0.0798. The normalized spacial score (nSPS) is 13.4. The highest BCUT2D eigenvalue weighted by Gasteiger charge is 2.29. The number of anilines is 1. The van der Waals surface area contributed by atoms with Gasteiger partial charge in [0.2, 0.25) is 5.91 Å². The molecule has 0 saturated heterocycles. The largest absolute Gasteiger partial charge is 0.337 e. The topological polar surface area (TPSA) is 49.4 Å². The van der Waals surface area contributed by atoms with Crippen molar-refractivity contribution in [3.63, 3.8) is 0 Å². The van der Waals surface area contributed by atoms with Crippen LogP contribution in [0.15, 0.2) is 42.5 Å². The van der Waals surface area contributed by atoms with Crippen molar-refractivity contribution in [2.24, 2.45) is 5.92 Å². The van der Waals surface area contributed by atoms with Crippen LogP contribution in [-0.4, -0.2) is 23.8 Å². The van der Waals surface area contributed by atoms with Crippen molar-refractivity contribution in [1.82, 2.24) is 4.90 Å². The lowest BCUT2D eigenvalue weighted by Crippen LogP contribution is -2.26. The van der Waals surface area contributed by atoms with E-state index in [-0.39, 0.29) is 17.7 Å². The van der Waals surface area contributed by atoms with Gasteiger partial charge < -0.3 is 10.2 Å². The third kappa shape index (κ3) is 4.53. The SMILES string of the molecule is CN(Cc1ccc(Cl)cc1Cl)C(=O)c1ccc(NC(=O)C2CC2)cc1. The molecule has 1 N–H and O–H groups in total. The van der Waals surface area contributed by atoms with E-state index in [0.717, 1.165) is 18.4 Å². The zero-order valence-electron chi connectivity index (χ0n) is 13.8. The highest BCUT2D eigenvalue weighted by atomic mass is 35.5. The standard InChI is InChI=1S/C19H18Cl2N2O2/c1-23(11-14-4-7-15(20)10-17(14)21)19(25)13-5-8-16(9-6-13)22-18(24)12-2-3-12/h4-10,12H,2-3,11H2,1H3,(H,22,24). The van der Waals surface area contributed by atoms with Crippen LogP contribution >= 0.6 is 23.2 Å². The number of nitrogens with zero attached hydrogens (tertiary/aromatic N) is 1. The van der Waals surface area contributed by atoms with E-state index < -0.39 is 0 Å². The molecule has 0 atom stereocenters. The van der Waals surface area contributed by atoms with E-state index in [2.05, 4.69) is 5.32 Å². The third-order valence-corrected chi connectivity index (χ3v) is 4.70. The molecule has 0 radical (unpaired) electrons. The molecule has 0 bridgehead atoms. The van der Waals surface area contributed by atoms with E-state index in [0.29, 0.717) is 27.8 Å². The fraction of sp³-hybridized carbons (Fsp3) is 0.263. The Bertz CT molecular complexity index is 802. The van der Waals surface area contributed by atoms with Crippen molar-refractivity contribution in [2.45, 2.75) is 19.4 Å². The molecule has 0 heterocycles. The molecule has 0 aliphatic heterocycles. The number of rotatable bonds is 5. The van der Waals surface area contributed by atoms with Crippen LogP contribution in [-0.2, 0) is 11.3 Å². The van der Waals surface area contributed by atoms with Crippen LogP contribution in [0.4, 0.5) is 5.69 Å². The molecule has 3 rings (SSSR count). The van der Waals surface area contributed by atoms with Crippen LogP contribution < -0.4 is 5.32 Å². The van der Waals surface area contributed by atoms with Crippen molar-refractivity contribution in [1.29, 1.82) is 0 Å². The van der Waals surface area contributed by atoms with Crippen LogP contribution in [0.1, 0.15) is 28.8 Å². The summed E-state index contributed by atoms with van der Waals surface area (Å²) in [6, 6.07) is 12.1. The van der Waals surface area contributed by atoms with Crippen LogP contribution in [0.5, 0.6) is 0 Å². The predicted molar refractivity (Wildman–Crippen MR) is 100 cm³/mol. The van der Waals surface area contributed by atoms with Gasteiger partial charge in [0.15, 0.2) is 0 Å². The van der Waals surface area contributed by atoms with E-state index in [1.165, 1.54) is 0 Å². The van der Waals surface area contributed by atoms with Gasteiger partial charge in [0, 0.05) is 40.8 Å². The fourth-order valence-corrected chi connectivity index (χ4v) is 2.95. The summed E-state index contributed by atoms with van der Waals surface area (Å²) in [5, 5.41) is 3.95. The Morgan fingerprint density at radius 2 is 1.80 bits per heavy atom. The smallest absolute Gasteiger partial charge is 0.253 e. The van der Waals surface area contributed by atoms with Crippen molar-refractivity contribution in [3.8, 4) is 0 Å². The minimum Gasteiger partial charge on any atom is -0.337 e. The molecule has 0 spiro atoms. The summed E-state index contributed by atoms with van der Waals surface area (Å²) in [5.41, 5.74) is 2.09. The van der Waals surface area contributed by atoms with Crippen molar-refractivity contribution in [3.05, 3.63) is 63.6 Å². The Hall–Kier alpha value is -2.04. The lowest BCUT2D eigenvalue weighted by molar-refractivity contribution is -0.117. The summed E-state index contributed by atoms with van der Waals surface area (Å²) in [4.78, 5) is 25.9. The number of halogens is 2. The van der Waals surface area contributed by atoms with E-state index in [1.807, 2.05) is 6.07 Å². The third-order valence-electron chi connectivity index (χ3n) is 4.12. The van der Waals surface area contributed by atoms with Gasteiger partial charge in [-0.2, -0.15) is 0 Å². The number of amides is 2. The minimum absolute atomic E-state index is 0.0496. The summed E-state index contributed by atoms with van der Waals surface area (Å²) >= 11 is 12.1. The molecule has 130 valence electrons. The molecule has 2 amide bonds. The zero-order chi connectivity index (χ0) is 18.0. The second-order valence-electron chi connectivity index (χ2n) is 6.24. The maximum absolute atomic E-state index is 12.5. The monoisotopic (exact) mass is 376 g/mol. The molecular weight excluding hydrogens is 359 g/mol. The number of carbonyl (C=O) groups is 2. The highest BCUT2D eigenvalue weighted by Crippen LogP contribution is 2.30. The average molecular weight is 377 g/mol. The number of hydrogen-bond acceptors (Lipinski definition) is 2. The van der Waals surface area contributed by atoms with Crippen molar-refractivity contribution >= 4 is 40.7 Å². The Balaban J connectivity index is 1.64. The van der Waals surface area contributed by atoms with Crippen LogP contribution in [0.25, 0.3) is 0 Å². The molecular formula is C19H18Cl2N2O2. The first-order valence-electron chi connectivity index (χ1n) is 8.04. The second-order valence-corrected chi connectivity index (χ2v) is 7.08. The van der Waals surface area contributed by atoms with Crippen molar-refractivity contribution in [2.75, 3.05) is 12.4 Å². The van der Waals surface area contributed by atoms with Gasteiger partial charge in [-0.15, -0.1) is 0 Å². The van der Waals surface area contributed by atoms with Gasteiger partial charge >= 0.3 is 0 Å². The number of benzene rings is 2. The molecule has 2 aromatic carbocycles. The molecule has 0 unspecified atom stereocenters. The molecule has 25 heavy (non-hydrogen) atoms. The van der Waals surface area contributed by atoms with Crippen molar-refractivity contribution < 1.29 is 9.59 Å². The molecule has 1 aliphatic carbocycles. The van der Waals surface area contributed by atoms with Crippen LogP contribution in [0.3, 0.4) is 0 Å². The summed E-state index contributed by atoms with van der Waals surface area (Å²) in [6.45, 7) is 0.384. The first kappa shape index (κ1) is 17.8. The Morgan fingerprint density at radius 1 is 1.12 bits per heavy atom. The quantitative estimate of drug-likeness (QED) is 0.827. The molecule has 6 heteroatoms. The maximum atomic E-state index is 12.5. The number of carbonyl (C=O) groups excluding carboxylic acids is 2. The summed E-state index contributed by atoms with van der Waals surface area (Å²) in [6.07, 6.45) is 1.92. The fourth-order valence-electron chi connectivity index (χ4n) is 2.48. The molecule has 1 saturated carbocycles. The highest BCUT2D eigenvalue weighted by molar-refractivity contribution is 6.35. The number of nitrogens with one attached hydrogen (secondary N) is 1. The Morgan fingerprint density at radius 3 is 2.40 bits per heavy atom. The van der Waals surface area contributed by atoms with Gasteiger partial charge in [-0.3, -0.25) is 9.59 Å². The first-order chi connectivity index (χ1) is 11.9. The average Bonchev–Trinajstić information content (AvgIpc) is 3.42. The van der Waals surface area contributed by atoms with Gasteiger partial charge in [-0.1, -0.05) is 29.3 Å².